The van der Waals surface area contributed by atoms with Gasteiger partial charge in [-0.05, 0) is 62.4 Å². The fourth-order valence-electron chi connectivity index (χ4n) is 7.53. The Hall–Kier alpha value is -3.17. The predicted octanol–water partition coefficient (Wildman–Crippen LogP) is 16.8. The molecular formula is C55H84N2NiO2. The van der Waals surface area contributed by atoms with Gasteiger partial charge in [-0.2, -0.15) is 0 Å². The summed E-state index contributed by atoms with van der Waals surface area (Å²) < 4.78 is 0. The van der Waals surface area contributed by atoms with E-state index in [2.05, 4.69) is 74.5 Å². The van der Waals surface area contributed by atoms with E-state index in [1.807, 2.05) is 19.1 Å². The molecule has 3 aromatic carbocycles. The molecule has 0 N–H and O–H groups in total. The molecule has 0 aliphatic heterocycles. The van der Waals surface area contributed by atoms with Gasteiger partial charge in [0.2, 0.25) is 0 Å². The summed E-state index contributed by atoms with van der Waals surface area (Å²) in [5.74, 6) is -0.731. The van der Waals surface area contributed by atoms with Crippen molar-refractivity contribution in [1.82, 2.24) is 0 Å². The van der Waals surface area contributed by atoms with Gasteiger partial charge >= 0.3 is 16.5 Å². The van der Waals surface area contributed by atoms with Crippen LogP contribution in [0.1, 0.15) is 213 Å². The number of aliphatic imine (C=N–C) groups is 2. The van der Waals surface area contributed by atoms with Gasteiger partial charge in [-0.3, -0.25) is 4.99 Å². The standard InChI is InChI=1S/C46H74N2.C9H12O2.Ni/c1-3-5-7-8-9-10-11-12-13-14-15-16-17-18-19-20-21-22-23-24-25-26-27-28-29-36-42-46(48-44-39-34-31-35-40-44)45(41-6-4-2)47-43-37-32-30-33-38-43;1-2-4-7-5-3-6-8(10)9(7)11;/h30-40,42H,3-29,41H2,1-2H3;3,5-6,10-11H,2,4H2,1H3;/q;;+2/p-2. The van der Waals surface area contributed by atoms with Gasteiger partial charge in [-0.15, -0.1) is 11.5 Å². The van der Waals surface area contributed by atoms with E-state index < -0.39 is 5.75 Å². The molecule has 0 heterocycles. The van der Waals surface area contributed by atoms with Crippen LogP contribution < -0.4 is 10.2 Å². The average molecular weight is 864 g/mol. The van der Waals surface area contributed by atoms with Crippen LogP contribution in [-0.2, 0) is 22.9 Å². The fourth-order valence-corrected chi connectivity index (χ4v) is 7.53. The first-order valence-corrected chi connectivity index (χ1v) is 24.5. The van der Waals surface area contributed by atoms with Crippen LogP contribution in [0.2, 0.25) is 0 Å². The van der Waals surface area contributed by atoms with Crippen LogP contribution in [0.4, 0.5) is 11.4 Å². The molecule has 0 unspecified atom stereocenters. The van der Waals surface area contributed by atoms with E-state index in [1.54, 1.807) is 12.1 Å². The van der Waals surface area contributed by atoms with Crippen molar-refractivity contribution < 1.29 is 26.7 Å². The van der Waals surface area contributed by atoms with Crippen molar-refractivity contribution in [2.75, 3.05) is 0 Å². The van der Waals surface area contributed by atoms with Crippen LogP contribution >= 0.6 is 0 Å². The predicted molar refractivity (Wildman–Crippen MR) is 256 cm³/mol. The first kappa shape index (κ1) is 54.9. The summed E-state index contributed by atoms with van der Waals surface area (Å²) in [6, 6.07) is 25.3. The summed E-state index contributed by atoms with van der Waals surface area (Å²) in [7, 11) is 0. The molecule has 336 valence electrons. The number of aryl methyl sites for hydroxylation is 1. The zero-order valence-corrected chi connectivity index (χ0v) is 39.4. The van der Waals surface area contributed by atoms with Crippen molar-refractivity contribution in [3.8, 4) is 11.5 Å². The first-order valence-electron chi connectivity index (χ1n) is 24.5. The van der Waals surface area contributed by atoms with E-state index in [0.717, 1.165) is 54.9 Å². The number of rotatable bonds is 34. The Morgan fingerprint density at radius 1 is 0.450 bits per heavy atom. The molecule has 0 fully saturated rings. The van der Waals surface area contributed by atoms with Crippen LogP contribution in [0.3, 0.4) is 0 Å². The molecule has 0 spiro atoms. The van der Waals surface area contributed by atoms with E-state index >= 15 is 0 Å². The normalized spacial score (nSPS) is 11.7. The summed E-state index contributed by atoms with van der Waals surface area (Å²) in [5.41, 5.74) is 4.72. The second kappa shape index (κ2) is 39.9. The van der Waals surface area contributed by atoms with Crippen LogP contribution in [0, 0.1) is 0 Å². The maximum Gasteiger partial charge on any atom is 2.00 e. The molecule has 0 atom stereocenters. The summed E-state index contributed by atoms with van der Waals surface area (Å²) in [6.45, 7) is 6.53. The monoisotopic (exact) mass is 863 g/mol. The molecule has 0 aromatic heterocycles. The van der Waals surface area contributed by atoms with E-state index in [-0.39, 0.29) is 22.2 Å². The zero-order valence-electron chi connectivity index (χ0n) is 38.4. The SMILES string of the molecule is CCCCCCCCCCCCCCCCCCCCCCCCCCC=CC(=Nc1ccccc1)C(CCCC)=Nc1ccccc1.CCCc1cccc([O-])c1[O-].[Ni+2]. The summed E-state index contributed by atoms with van der Waals surface area (Å²) in [5, 5.41) is 21.8. The smallest absolute Gasteiger partial charge is 0.873 e. The van der Waals surface area contributed by atoms with Crippen molar-refractivity contribution in [1.29, 1.82) is 0 Å². The summed E-state index contributed by atoms with van der Waals surface area (Å²) in [4.78, 5) is 10.1. The molecule has 3 aromatic rings. The molecular weight excluding hydrogens is 779 g/mol. The minimum absolute atomic E-state index is 0. The average Bonchev–Trinajstić information content (AvgIpc) is 3.26. The van der Waals surface area contributed by atoms with Crippen LogP contribution in [-0.4, -0.2) is 11.4 Å². The molecule has 0 aliphatic rings. The Labute approximate surface area is 379 Å². The maximum atomic E-state index is 11.0. The molecule has 5 heteroatoms. The molecule has 3 rings (SSSR count). The van der Waals surface area contributed by atoms with Gasteiger partial charge < -0.3 is 10.2 Å². The molecule has 0 radical (unpaired) electrons. The summed E-state index contributed by atoms with van der Waals surface area (Å²) >= 11 is 0. The minimum atomic E-state index is -0.393. The summed E-state index contributed by atoms with van der Waals surface area (Å²) in [6.07, 6.45) is 44.9. The Balaban J connectivity index is 0.00000129. The third kappa shape index (κ3) is 29.2. The maximum absolute atomic E-state index is 11.0. The molecule has 0 bridgehead atoms. The number of allylic oxidation sites excluding steroid dienone is 2. The van der Waals surface area contributed by atoms with E-state index in [0.29, 0.717) is 12.0 Å². The second-order valence-corrected chi connectivity index (χ2v) is 16.6. The Bertz CT molecular complexity index is 1490. The Morgan fingerprint density at radius 2 is 0.867 bits per heavy atom. The third-order valence-electron chi connectivity index (χ3n) is 11.2. The van der Waals surface area contributed by atoms with Crippen molar-refractivity contribution >= 4 is 22.8 Å². The van der Waals surface area contributed by atoms with E-state index in [1.165, 1.54) is 160 Å². The molecule has 60 heavy (non-hydrogen) atoms. The quantitative estimate of drug-likeness (QED) is 0.0341. The van der Waals surface area contributed by atoms with Gasteiger partial charge in [0.1, 0.15) is 0 Å². The van der Waals surface area contributed by atoms with Crippen molar-refractivity contribution in [3.63, 3.8) is 0 Å². The van der Waals surface area contributed by atoms with E-state index in [4.69, 9.17) is 9.98 Å². The van der Waals surface area contributed by atoms with Gasteiger partial charge in [-0.1, -0.05) is 248 Å². The van der Waals surface area contributed by atoms with Crippen molar-refractivity contribution in [3.05, 3.63) is 96.6 Å². The number of para-hydroxylation sites is 3. The van der Waals surface area contributed by atoms with Crippen molar-refractivity contribution in [2.45, 2.75) is 213 Å². The van der Waals surface area contributed by atoms with Gasteiger partial charge in [0, 0.05) is 0 Å². The molecule has 0 amide bonds. The number of nitrogens with zero attached hydrogens (tertiary/aromatic N) is 2. The van der Waals surface area contributed by atoms with Crippen LogP contribution in [0.15, 0.2) is 101 Å². The largest absolute Gasteiger partial charge is 2.00 e. The van der Waals surface area contributed by atoms with Gasteiger partial charge in [-0.25, -0.2) is 4.99 Å². The van der Waals surface area contributed by atoms with Gasteiger partial charge in [0.25, 0.3) is 0 Å². The molecule has 4 nitrogen and oxygen atoms in total. The Kier molecular flexibility index (Phi) is 36.5. The van der Waals surface area contributed by atoms with E-state index in [9.17, 15) is 10.2 Å². The number of unbranched alkanes of at least 4 members (excludes halogenated alkanes) is 25. The van der Waals surface area contributed by atoms with Gasteiger partial charge in [0.05, 0.1) is 22.8 Å². The third-order valence-corrected chi connectivity index (χ3v) is 11.2. The topological polar surface area (TPSA) is 70.8 Å². The molecule has 0 aliphatic carbocycles. The zero-order chi connectivity index (χ0) is 42.3. The molecule has 0 saturated heterocycles. The van der Waals surface area contributed by atoms with Crippen LogP contribution in [0.25, 0.3) is 0 Å². The Morgan fingerprint density at radius 3 is 1.30 bits per heavy atom. The van der Waals surface area contributed by atoms with Crippen LogP contribution in [0.5, 0.6) is 11.5 Å². The minimum Gasteiger partial charge on any atom is -0.873 e. The number of hydrogen-bond acceptors (Lipinski definition) is 4. The van der Waals surface area contributed by atoms with Gasteiger partial charge in [0.15, 0.2) is 0 Å². The second-order valence-electron chi connectivity index (χ2n) is 16.6. The first-order chi connectivity index (χ1) is 29.1. The number of benzene rings is 3. The molecule has 0 saturated carbocycles. The van der Waals surface area contributed by atoms with Crippen molar-refractivity contribution in [2.24, 2.45) is 9.98 Å². The number of hydrogen-bond donors (Lipinski definition) is 0. The fraction of sp³-hybridized carbons (Fsp3) is 0.600.